The van der Waals surface area contributed by atoms with Crippen LogP contribution in [0.1, 0.15) is 17.2 Å². The third-order valence-electron chi connectivity index (χ3n) is 5.24. The van der Waals surface area contributed by atoms with Gasteiger partial charge in [-0.2, -0.15) is 0 Å². The third-order valence-corrected chi connectivity index (χ3v) is 5.24. The highest BCUT2D eigenvalue weighted by Crippen LogP contribution is 2.44. The molecule has 5 nitrogen and oxygen atoms in total. The Bertz CT molecular complexity index is 1070. The van der Waals surface area contributed by atoms with Crippen molar-refractivity contribution in [3.8, 4) is 23.0 Å². The van der Waals surface area contributed by atoms with Crippen molar-refractivity contribution in [2.24, 2.45) is 0 Å². The Morgan fingerprint density at radius 1 is 1.04 bits per heavy atom. The second-order valence-corrected chi connectivity index (χ2v) is 6.58. The van der Waals surface area contributed by atoms with Crippen molar-refractivity contribution in [2.75, 3.05) is 28.1 Å². The average Bonchev–Trinajstić information content (AvgIpc) is 3.12. The number of rotatable bonds is 2. The van der Waals surface area contributed by atoms with Crippen LogP contribution >= 0.6 is 0 Å². The van der Waals surface area contributed by atoms with Crippen LogP contribution in [0.15, 0.2) is 30.3 Å². The van der Waals surface area contributed by atoms with Gasteiger partial charge in [-0.05, 0) is 46.2 Å². The Balaban J connectivity index is 1.79. The van der Waals surface area contributed by atoms with Gasteiger partial charge in [0.2, 0.25) is 6.79 Å². The van der Waals surface area contributed by atoms with Crippen LogP contribution in [0.25, 0.3) is 17.8 Å². The lowest BCUT2D eigenvalue weighted by Crippen LogP contribution is -2.40. The minimum absolute atomic E-state index is 0.120. The Hall–Kier alpha value is -3.08. The summed E-state index contributed by atoms with van der Waals surface area (Å²) >= 11 is 0. The smallest absolute Gasteiger partial charge is 0.231 e. The van der Waals surface area contributed by atoms with Crippen molar-refractivity contribution >= 4 is 17.8 Å². The molecule has 2 heterocycles. The van der Waals surface area contributed by atoms with Gasteiger partial charge in [-0.3, -0.25) is 0 Å². The summed E-state index contributed by atoms with van der Waals surface area (Å²) in [6, 6.07) is 8.34. The molecule has 0 saturated heterocycles. The van der Waals surface area contributed by atoms with Crippen LogP contribution in [-0.4, -0.2) is 33.0 Å². The van der Waals surface area contributed by atoms with E-state index in [1.54, 1.807) is 14.2 Å². The van der Waals surface area contributed by atoms with Gasteiger partial charge >= 0.3 is 0 Å². The molecule has 3 aliphatic rings. The minimum Gasteiger partial charge on any atom is -0.493 e. The van der Waals surface area contributed by atoms with E-state index in [2.05, 4.69) is 48.5 Å². The summed E-state index contributed by atoms with van der Waals surface area (Å²) in [6.45, 7) is 0.283. The SMILES string of the molecule is COc1ccc2c(c1OC)=CN(C)C1C=2C=Cc2cc3c(cc21)OCO3. The molecule has 2 aromatic carbocycles. The van der Waals surface area contributed by atoms with Gasteiger partial charge in [-0.1, -0.05) is 12.2 Å². The number of nitrogens with zero attached hydrogens (tertiary/aromatic N) is 1. The fraction of sp³-hybridized carbons (Fsp3) is 0.238. The van der Waals surface area contributed by atoms with Crippen LogP contribution in [0.3, 0.4) is 0 Å². The number of ether oxygens (including phenoxy) is 4. The predicted octanol–water partition coefficient (Wildman–Crippen LogP) is 2.03. The topological polar surface area (TPSA) is 40.2 Å². The van der Waals surface area contributed by atoms with Crippen LogP contribution in [-0.2, 0) is 0 Å². The number of fused-ring (bicyclic) bond motifs is 5. The minimum atomic E-state index is 0.120. The molecule has 0 bridgehead atoms. The van der Waals surface area contributed by atoms with Gasteiger partial charge in [-0.25, -0.2) is 0 Å². The van der Waals surface area contributed by atoms with Crippen LogP contribution < -0.4 is 29.4 Å². The van der Waals surface area contributed by atoms with Crippen LogP contribution in [0.5, 0.6) is 23.0 Å². The van der Waals surface area contributed by atoms with E-state index in [1.165, 1.54) is 11.1 Å². The summed E-state index contributed by atoms with van der Waals surface area (Å²) < 4.78 is 22.2. The molecule has 1 atom stereocenters. The number of hydrogen-bond acceptors (Lipinski definition) is 5. The highest BCUT2D eigenvalue weighted by Gasteiger charge is 2.30. The lowest BCUT2D eigenvalue weighted by atomic mass is 9.85. The van der Waals surface area contributed by atoms with E-state index in [4.69, 9.17) is 18.9 Å². The molecule has 26 heavy (non-hydrogen) atoms. The van der Waals surface area contributed by atoms with Crippen LogP contribution in [0.2, 0.25) is 0 Å². The molecule has 0 amide bonds. The molecule has 0 radical (unpaired) electrons. The average molecular weight is 349 g/mol. The molecule has 132 valence electrons. The van der Waals surface area contributed by atoms with Crippen molar-refractivity contribution < 1.29 is 18.9 Å². The Morgan fingerprint density at radius 2 is 1.85 bits per heavy atom. The van der Waals surface area contributed by atoms with Crippen molar-refractivity contribution in [3.63, 3.8) is 0 Å². The molecule has 0 saturated carbocycles. The molecule has 0 fully saturated rings. The first-order valence-corrected chi connectivity index (χ1v) is 8.52. The fourth-order valence-corrected chi connectivity index (χ4v) is 4.08. The monoisotopic (exact) mass is 349 g/mol. The van der Waals surface area contributed by atoms with Crippen LogP contribution in [0, 0.1) is 0 Å². The van der Waals surface area contributed by atoms with E-state index in [0.29, 0.717) is 0 Å². The quantitative estimate of drug-likeness (QED) is 0.830. The van der Waals surface area contributed by atoms with Gasteiger partial charge in [0, 0.05) is 18.5 Å². The van der Waals surface area contributed by atoms with Crippen molar-refractivity contribution in [3.05, 3.63) is 51.9 Å². The van der Waals surface area contributed by atoms with Gasteiger partial charge in [0.25, 0.3) is 0 Å². The maximum Gasteiger partial charge on any atom is 0.231 e. The molecule has 0 spiro atoms. The predicted molar refractivity (Wildman–Crippen MR) is 98.8 cm³/mol. The highest BCUT2D eigenvalue weighted by atomic mass is 16.7. The normalized spacial score (nSPS) is 18.7. The molecule has 1 aliphatic carbocycles. The van der Waals surface area contributed by atoms with Gasteiger partial charge in [0.15, 0.2) is 23.0 Å². The second-order valence-electron chi connectivity index (χ2n) is 6.58. The Morgan fingerprint density at radius 3 is 2.62 bits per heavy atom. The molecule has 5 heteroatoms. The van der Waals surface area contributed by atoms with Gasteiger partial charge in [0.1, 0.15) is 0 Å². The molecule has 2 aliphatic heterocycles. The van der Waals surface area contributed by atoms with Gasteiger partial charge in [0.05, 0.1) is 20.3 Å². The Labute approximate surface area is 151 Å². The summed E-state index contributed by atoms with van der Waals surface area (Å²) in [4.78, 5) is 2.21. The van der Waals surface area contributed by atoms with E-state index >= 15 is 0 Å². The molecule has 5 rings (SSSR count). The number of hydrogen-bond donors (Lipinski definition) is 0. The first kappa shape index (κ1) is 15.2. The Kier molecular flexibility index (Phi) is 3.19. The second kappa shape index (κ2) is 5.46. The van der Waals surface area contributed by atoms with Crippen molar-refractivity contribution in [1.29, 1.82) is 0 Å². The number of methoxy groups -OCH3 is 2. The van der Waals surface area contributed by atoms with E-state index in [0.717, 1.165) is 39.0 Å². The van der Waals surface area contributed by atoms with Crippen molar-refractivity contribution in [1.82, 2.24) is 4.90 Å². The van der Waals surface area contributed by atoms with E-state index in [9.17, 15) is 0 Å². The molecule has 0 N–H and O–H groups in total. The van der Waals surface area contributed by atoms with Gasteiger partial charge in [-0.15, -0.1) is 0 Å². The zero-order valence-corrected chi connectivity index (χ0v) is 14.9. The zero-order valence-electron chi connectivity index (χ0n) is 14.9. The maximum absolute atomic E-state index is 5.64. The lowest BCUT2D eigenvalue weighted by molar-refractivity contribution is 0.174. The van der Waals surface area contributed by atoms with Gasteiger partial charge < -0.3 is 23.8 Å². The third kappa shape index (κ3) is 1.97. The summed E-state index contributed by atoms with van der Waals surface area (Å²) in [5, 5.41) is 2.19. The van der Waals surface area contributed by atoms with Crippen molar-refractivity contribution in [2.45, 2.75) is 6.04 Å². The first-order valence-electron chi connectivity index (χ1n) is 8.52. The zero-order chi connectivity index (χ0) is 17.8. The largest absolute Gasteiger partial charge is 0.493 e. The molecule has 0 aromatic heterocycles. The summed E-state index contributed by atoms with van der Waals surface area (Å²) in [6.07, 6.45) is 6.45. The maximum atomic E-state index is 5.64. The standard InChI is InChI=1S/C21H19NO4/c1-22-10-16-13(6-7-17(23-2)21(16)24-3)14-5-4-12-8-18-19(26-11-25-18)9-15(12)20(14)22/h4-10,20H,11H2,1-3H3. The summed E-state index contributed by atoms with van der Waals surface area (Å²) in [5.41, 5.74) is 3.61. The van der Waals surface area contributed by atoms with Crippen LogP contribution in [0.4, 0.5) is 0 Å². The van der Waals surface area contributed by atoms with E-state index in [-0.39, 0.29) is 12.8 Å². The lowest BCUT2D eigenvalue weighted by Gasteiger charge is -2.35. The van der Waals surface area contributed by atoms with E-state index in [1.807, 2.05) is 6.07 Å². The fourth-order valence-electron chi connectivity index (χ4n) is 4.08. The molecule has 1 unspecified atom stereocenters. The van der Waals surface area contributed by atoms with E-state index < -0.39 is 0 Å². The molecular weight excluding hydrogens is 330 g/mol. The number of benzene rings is 2. The summed E-state index contributed by atoms with van der Waals surface area (Å²) in [7, 11) is 5.42. The molecule has 2 aromatic rings. The first-order chi connectivity index (χ1) is 12.7. The molecular formula is C21H19NO4. The summed E-state index contributed by atoms with van der Waals surface area (Å²) in [5.74, 6) is 3.11. The highest BCUT2D eigenvalue weighted by molar-refractivity contribution is 5.81.